The zero-order chi connectivity index (χ0) is 10.4. The second kappa shape index (κ2) is 5.06. The van der Waals surface area contributed by atoms with E-state index >= 15 is 0 Å². The van der Waals surface area contributed by atoms with Gasteiger partial charge in [-0.25, -0.2) is 9.78 Å². The van der Waals surface area contributed by atoms with Gasteiger partial charge in [0.25, 0.3) is 0 Å². The molecule has 1 aromatic heterocycles. The zero-order valence-electron chi connectivity index (χ0n) is 7.99. The number of nitrogens with zero attached hydrogens (tertiary/aromatic N) is 1. The van der Waals surface area contributed by atoms with E-state index in [4.69, 9.17) is 5.73 Å². The molecule has 5 heteroatoms. The van der Waals surface area contributed by atoms with E-state index in [9.17, 15) is 4.79 Å². The lowest BCUT2D eigenvalue weighted by Crippen LogP contribution is -2.18. The molecule has 0 aliphatic rings. The number of hydrogen-bond donors (Lipinski definition) is 2. The van der Waals surface area contributed by atoms with Crippen LogP contribution in [0.2, 0.25) is 0 Å². The van der Waals surface area contributed by atoms with Crippen LogP contribution < -0.4 is 11.1 Å². The molecule has 0 radical (unpaired) electrons. The van der Waals surface area contributed by atoms with Crippen molar-refractivity contribution in [2.75, 3.05) is 18.5 Å². The van der Waals surface area contributed by atoms with Crippen LogP contribution in [0.25, 0.3) is 0 Å². The fourth-order valence-corrected chi connectivity index (χ4v) is 0.903. The monoisotopic (exact) mass is 195 g/mol. The van der Waals surface area contributed by atoms with Gasteiger partial charge in [-0.05, 0) is 18.6 Å². The van der Waals surface area contributed by atoms with Gasteiger partial charge in [-0.15, -0.1) is 0 Å². The minimum Gasteiger partial charge on any atom is -0.448 e. The van der Waals surface area contributed by atoms with Gasteiger partial charge in [0, 0.05) is 6.20 Å². The molecule has 1 aromatic rings. The molecule has 5 nitrogen and oxygen atoms in total. The van der Waals surface area contributed by atoms with E-state index in [1.807, 2.05) is 19.1 Å². The molecular formula is C9H13N3O2. The van der Waals surface area contributed by atoms with Gasteiger partial charge in [-0.2, -0.15) is 0 Å². The first-order valence-electron chi connectivity index (χ1n) is 4.27. The second-order valence-corrected chi connectivity index (χ2v) is 2.82. The number of anilines is 1. The van der Waals surface area contributed by atoms with Crippen LogP contribution in [-0.4, -0.2) is 24.2 Å². The molecule has 0 bridgehead atoms. The van der Waals surface area contributed by atoms with Gasteiger partial charge in [-0.3, -0.25) is 0 Å². The van der Waals surface area contributed by atoms with Crippen molar-refractivity contribution in [1.82, 2.24) is 4.98 Å². The molecule has 0 aromatic carbocycles. The fraction of sp³-hybridized carbons (Fsp3) is 0.333. The highest BCUT2D eigenvalue weighted by Crippen LogP contribution is 2.02. The van der Waals surface area contributed by atoms with Crippen molar-refractivity contribution in [1.29, 1.82) is 0 Å². The Kier molecular flexibility index (Phi) is 3.72. The summed E-state index contributed by atoms with van der Waals surface area (Å²) in [6.45, 7) is 2.71. The minimum absolute atomic E-state index is 0.241. The van der Waals surface area contributed by atoms with Crippen LogP contribution in [0.5, 0.6) is 0 Å². The molecule has 0 aliphatic carbocycles. The molecule has 0 atom stereocenters. The average molecular weight is 195 g/mol. The summed E-state index contributed by atoms with van der Waals surface area (Å²) in [6.07, 6.45) is 1.00. The second-order valence-electron chi connectivity index (χ2n) is 2.82. The molecule has 76 valence electrons. The van der Waals surface area contributed by atoms with E-state index < -0.39 is 6.09 Å². The third-order valence-electron chi connectivity index (χ3n) is 1.56. The number of aryl methyl sites for hydroxylation is 1. The van der Waals surface area contributed by atoms with Gasteiger partial charge in [0.1, 0.15) is 12.4 Å². The van der Waals surface area contributed by atoms with Gasteiger partial charge >= 0.3 is 6.09 Å². The standard InChI is InChI=1S/C9H13N3O2/c1-7-2-3-8(12-6-7)11-4-5-14-9(10)13/h2-3,6H,4-5H2,1H3,(H2,10,13)(H,11,12). The number of carbonyl (C=O) groups is 1. The number of rotatable bonds is 4. The van der Waals surface area contributed by atoms with Crippen LogP contribution >= 0.6 is 0 Å². The normalized spacial score (nSPS) is 9.50. The van der Waals surface area contributed by atoms with Crippen LogP contribution in [0, 0.1) is 6.92 Å². The Bertz CT molecular complexity index is 297. The third-order valence-corrected chi connectivity index (χ3v) is 1.56. The number of aromatic nitrogens is 1. The van der Waals surface area contributed by atoms with E-state index in [2.05, 4.69) is 15.0 Å². The Labute approximate surface area is 82.3 Å². The lowest BCUT2D eigenvalue weighted by atomic mass is 10.3. The number of amides is 1. The number of nitrogens with two attached hydrogens (primary N) is 1. The first-order valence-corrected chi connectivity index (χ1v) is 4.27. The van der Waals surface area contributed by atoms with Crippen molar-refractivity contribution < 1.29 is 9.53 Å². The number of ether oxygens (including phenoxy) is 1. The van der Waals surface area contributed by atoms with E-state index in [1.54, 1.807) is 6.20 Å². The Balaban J connectivity index is 2.25. The third kappa shape index (κ3) is 3.75. The lowest BCUT2D eigenvalue weighted by molar-refractivity contribution is 0.161. The predicted molar refractivity (Wildman–Crippen MR) is 53.0 cm³/mol. The summed E-state index contributed by atoms with van der Waals surface area (Å²) < 4.78 is 4.54. The SMILES string of the molecule is Cc1ccc(NCCOC(N)=O)nc1. The predicted octanol–water partition coefficient (Wildman–Crippen LogP) is 0.897. The molecule has 3 N–H and O–H groups in total. The summed E-state index contributed by atoms with van der Waals surface area (Å²) in [4.78, 5) is 14.3. The molecule has 0 saturated carbocycles. The smallest absolute Gasteiger partial charge is 0.404 e. The van der Waals surface area contributed by atoms with E-state index in [0.29, 0.717) is 6.54 Å². The number of nitrogens with one attached hydrogen (secondary N) is 1. The molecule has 0 saturated heterocycles. The molecule has 0 fully saturated rings. The van der Waals surface area contributed by atoms with Crippen LogP contribution in [0.3, 0.4) is 0 Å². The Morgan fingerprint density at radius 1 is 1.64 bits per heavy atom. The van der Waals surface area contributed by atoms with Crippen LogP contribution in [-0.2, 0) is 4.74 Å². The number of pyridine rings is 1. The van der Waals surface area contributed by atoms with Crippen molar-refractivity contribution >= 4 is 11.9 Å². The molecule has 1 rings (SSSR count). The molecule has 0 aliphatic heterocycles. The minimum atomic E-state index is -0.760. The summed E-state index contributed by atoms with van der Waals surface area (Å²) in [5.41, 5.74) is 5.89. The van der Waals surface area contributed by atoms with Gasteiger partial charge in [0.2, 0.25) is 0 Å². The van der Waals surface area contributed by atoms with Gasteiger partial charge in [0.05, 0.1) is 6.54 Å². The first-order chi connectivity index (χ1) is 6.68. The van der Waals surface area contributed by atoms with Crippen molar-refractivity contribution in [3.8, 4) is 0 Å². The summed E-state index contributed by atoms with van der Waals surface area (Å²) >= 11 is 0. The van der Waals surface area contributed by atoms with Crippen molar-refractivity contribution in [3.63, 3.8) is 0 Å². The Morgan fingerprint density at radius 3 is 3.00 bits per heavy atom. The van der Waals surface area contributed by atoms with E-state index in [0.717, 1.165) is 11.4 Å². The maximum Gasteiger partial charge on any atom is 0.404 e. The Morgan fingerprint density at radius 2 is 2.43 bits per heavy atom. The quantitative estimate of drug-likeness (QED) is 0.699. The fourth-order valence-electron chi connectivity index (χ4n) is 0.903. The van der Waals surface area contributed by atoms with E-state index in [-0.39, 0.29) is 6.61 Å². The van der Waals surface area contributed by atoms with Crippen LogP contribution in [0.15, 0.2) is 18.3 Å². The van der Waals surface area contributed by atoms with E-state index in [1.165, 1.54) is 0 Å². The molecule has 0 spiro atoms. The zero-order valence-corrected chi connectivity index (χ0v) is 7.99. The Hall–Kier alpha value is -1.78. The average Bonchev–Trinajstić information content (AvgIpc) is 2.15. The van der Waals surface area contributed by atoms with Crippen molar-refractivity contribution in [3.05, 3.63) is 23.9 Å². The molecule has 0 unspecified atom stereocenters. The molecule has 14 heavy (non-hydrogen) atoms. The summed E-state index contributed by atoms with van der Waals surface area (Å²) in [5, 5.41) is 2.98. The molecule has 1 heterocycles. The van der Waals surface area contributed by atoms with Gasteiger partial charge in [0.15, 0.2) is 0 Å². The number of carbonyl (C=O) groups excluding carboxylic acids is 1. The summed E-state index contributed by atoms with van der Waals surface area (Å²) in [7, 11) is 0. The van der Waals surface area contributed by atoms with Crippen LogP contribution in [0.1, 0.15) is 5.56 Å². The summed E-state index contributed by atoms with van der Waals surface area (Å²) in [6, 6.07) is 3.81. The largest absolute Gasteiger partial charge is 0.448 e. The first kappa shape index (κ1) is 10.3. The highest BCUT2D eigenvalue weighted by atomic mass is 16.5. The maximum absolute atomic E-state index is 10.2. The maximum atomic E-state index is 10.2. The van der Waals surface area contributed by atoms with Crippen LogP contribution in [0.4, 0.5) is 10.6 Å². The highest BCUT2D eigenvalue weighted by molar-refractivity contribution is 5.64. The topological polar surface area (TPSA) is 77.2 Å². The molecule has 1 amide bonds. The van der Waals surface area contributed by atoms with Crippen molar-refractivity contribution in [2.45, 2.75) is 6.92 Å². The van der Waals surface area contributed by atoms with Crippen molar-refractivity contribution in [2.24, 2.45) is 5.73 Å². The highest BCUT2D eigenvalue weighted by Gasteiger charge is 1.94. The number of hydrogen-bond acceptors (Lipinski definition) is 4. The number of primary amides is 1. The van der Waals surface area contributed by atoms with Gasteiger partial charge in [-0.1, -0.05) is 6.07 Å². The lowest BCUT2D eigenvalue weighted by Gasteiger charge is -2.05. The molecular weight excluding hydrogens is 182 g/mol. The summed E-state index contributed by atoms with van der Waals surface area (Å²) in [5.74, 6) is 0.753. The van der Waals surface area contributed by atoms with Gasteiger partial charge < -0.3 is 15.8 Å².